The van der Waals surface area contributed by atoms with Crippen molar-refractivity contribution in [2.45, 2.75) is 18.8 Å². The lowest BCUT2D eigenvalue weighted by molar-refractivity contribution is 0.468. The molecule has 4 nitrogen and oxygen atoms in total. The van der Waals surface area contributed by atoms with Crippen LogP contribution in [0.15, 0.2) is 66.7 Å². The average molecular weight is 417 g/mol. The lowest BCUT2D eigenvalue weighted by atomic mass is 10.1. The van der Waals surface area contributed by atoms with Gasteiger partial charge in [-0.15, -0.1) is 0 Å². The Morgan fingerprint density at radius 2 is 1.24 bits per heavy atom. The van der Waals surface area contributed by atoms with Crippen molar-refractivity contribution in [2.24, 2.45) is 0 Å². The SMILES string of the molecule is CS(=O)(=O)Cc1ccc(CNCc2ccc(Oc3cc(F)cc(F)c3)cc2)cc1. The van der Waals surface area contributed by atoms with Crippen LogP contribution < -0.4 is 10.1 Å². The first-order valence-corrected chi connectivity index (χ1v) is 11.0. The fraction of sp³-hybridized carbons (Fsp3) is 0.182. The minimum absolute atomic E-state index is 0.0391. The Morgan fingerprint density at radius 3 is 1.76 bits per heavy atom. The second-order valence-electron chi connectivity index (χ2n) is 6.84. The van der Waals surface area contributed by atoms with Crippen LogP contribution in [0.25, 0.3) is 0 Å². The number of halogens is 2. The quantitative estimate of drug-likeness (QED) is 0.582. The monoisotopic (exact) mass is 417 g/mol. The molecule has 3 aromatic carbocycles. The maximum atomic E-state index is 13.2. The summed E-state index contributed by atoms with van der Waals surface area (Å²) >= 11 is 0. The minimum atomic E-state index is -3.03. The van der Waals surface area contributed by atoms with Gasteiger partial charge in [0.25, 0.3) is 0 Å². The molecule has 0 saturated heterocycles. The molecule has 0 spiro atoms. The topological polar surface area (TPSA) is 55.4 Å². The second-order valence-corrected chi connectivity index (χ2v) is 8.98. The van der Waals surface area contributed by atoms with Crippen LogP contribution in [-0.4, -0.2) is 14.7 Å². The van der Waals surface area contributed by atoms with E-state index in [4.69, 9.17) is 4.74 Å². The highest BCUT2D eigenvalue weighted by atomic mass is 32.2. The molecule has 0 heterocycles. The standard InChI is InChI=1S/C22H21F2NO3S/c1-29(26,27)15-18-4-2-16(3-5-18)13-25-14-17-6-8-21(9-7-17)28-22-11-19(23)10-20(24)12-22/h2-12,25H,13-15H2,1H3. The van der Waals surface area contributed by atoms with Gasteiger partial charge < -0.3 is 10.1 Å². The highest BCUT2D eigenvalue weighted by Crippen LogP contribution is 2.23. The minimum Gasteiger partial charge on any atom is -0.457 e. The Labute approximate surface area is 169 Å². The number of hydrogen-bond donors (Lipinski definition) is 1. The Kier molecular flexibility index (Phi) is 6.61. The Hall–Kier alpha value is -2.77. The van der Waals surface area contributed by atoms with Crippen molar-refractivity contribution in [1.29, 1.82) is 0 Å². The van der Waals surface area contributed by atoms with Crippen molar-refractivity contribution in [3.8, 4) is 11.5 Å². The number of rotatable bonds is 8. The molecule has 3 aromatic rings. The lowest BCUT2D eigenvalue weighted by Gasteiger charge is -2.09. The summed E-state index contributed by atoms with van der Waals surface area (Å²) in [6.07, 6.45) is 1.22. The van der Waals surface area contributed by atoms with Crippen molar-refractivity contribution in [3.05, 3.63) is 95.1 Å². The van der Waals surface area contributed by atoms with Crippen LogP contribution >= 0.6 is 0 Å². The van der Waals surface area contributed by atoms with Crippen molar-refractivity contribution in [3.63, 3.8) is 0 Å². The molecule has 0 amide bonds. The summed E-state index contributed by atoms with van der Waals surface area (Å²) in [4.78, 5) is 0. The fourth-order valence-corrected chi connectivity index (χ4v) is 3.60. The van der Waals surface area contributed by atoms with Crippen LogP contribution in [0.2, 0.25) is 0 Å². The molecule has 7 heteroatoms. The lowest BCUT2D eigenvalue weighted by Crippen LogP contribution is -2.12. The molecule has 0 unspecified atom stereocenters. The molecule has 0 aliphatic rings. The summed E-state index contributed by atoms with van der Waals surface area (Å²) in [7, 11) is -3.03. The Bertz CT molecular complexity index is 1050. The fourth-order valence-electron chi connectivity index (χ4n) is 2.81. The highest BCUT2D eigenvalue weighted by Gasteiger charge is 2.05. The summed E-state index contributed by atoms with van der Waals surface area (Å²) in [6, 6.07) is 17.7. The zero-order valence-electron chi connectivity index (χ0n) is 15.9. The predicted octanol–water partition coefficient (Wildman–Crippen LogP) is 4.59. The summed E-state index contributed by atoms with van der Waals surface area (Å²) in [5.41, 5.74) is 2.84. The summed E-state index contributed by atoms with van der Waals surface area (Å²) < 4.78 is 54.5. The van der Waals surface area contributed by atoms with Gasteiger partial charge in [0.1, 0.15) is 23.1 Å². The third-order valence-electron chi connectivity index (χ3n) is 4.11. The number of hydrogen-bond acceptors (Lipinski definition) is 4. The Balaban J connectivity index is 1.50. The van der Waals surface area contributed by atoms with Crippen LogP contribution in [0.3, 0.4) is 0 Å². The summed E-state index contributed by atoms with van der Waals surface area (Å²) in [5, 5.41) is 3.31. The first-order valence-electron chi connectivity index (χ1n) is 8.96. The van der Waals surface area contributed by atoms with Crippen LogP contribution in [-0.2, 0) is 28.7 Å². The molecule has 0 fully saturated rings. The van der Waals surface area contributed by atoms with E-state index in [2.05, 4.69) is 5.32 Å². The number of ether oxygens (including phenoxy) is 1. The molecule has 0 atom stereocenters. The Morgan fingerprint density at radius 1 is 0.759 bits per heavy atom. The highest BCUT2D eigenvalue weighted by molar-refractivity contribution is 7.89. The molecule has 0 aromatic heterocycles. The van der Waals surface area contributed by atoms with E-state index in [0.717, 1.165) is 34.9 Å². The molecule has 152 valence electrons. The van der Waals surface area contributed by atoms with Crippen LogP contribution in [0.5, 0.6) is 11.5 Å². The van der Waals surface area contributed by atoms with Gasteiger partial charge in [0, 0.05) is 37.5 Å². The van der Waals surface area contributed by atoms with Gasteiger partial charge in [0.05, 0.1) is 5.75 Å². The molecular formula is C22H21F2NO3S. The first-order chi connectivity index (χ1) is 13.8. The molecular weight excluding hydrogens is 396 g/mol. The second kappa shape index (κ2) is 9.15. The summed E-state index contributed by atoms with van der Waals surface area (Å²) in [6.45, 7) is 1.26. The average Bonchev–Trinajstić information content (AvgIpc) is 2.62. The van der Waals surface area contributed by atoms with Gasteiger partial charge in [-0.3, -0.25) is 0 Å². The molecule has 0 saturated carbocycles. The number of sulfone groups is 1. The van der Waals surface area contributed by atoms with E-state index in [1.165, 1.54) is 6.26 Å². The summed E-state index contributed by atoms with van der Waals surface area (Å²) in [5.74, 6) is -0.750. The van der Waals surface area contributed by atoms with Crippen molar-refractivity contribution in [1.82, 2.24) is 5.32 Å². The molecule has 29 heavy (non-hydrogen) atoms. The zero-order chi connectivity index (χ0) is 20.9. The largest absolute Gasteiger partial charge is 0.457 e. The van der Waals surface area contributed by atoms with Gasteiger partial charge in [-0.05, 0) is 28.8 Å². The van der Waals surface area contributed by atoms with Gasteiger partial charge in [-0.1, -0.05) is 36.4 Å². The predicted molar refractivity (Wildman–Crippen MR) is 108 cm³/mol. The maximum absolute atomic E-state index is 13.2. The van der Waals surface area contributed by atoms with Crippen molar-refractivity contribution in [2.75, 3.05) is 6.26 Å². The zero-order valence-corrected chi connectivity index (χ0v) is 16.7. The van der Waals surface area contributed by atoms with Gasteiger partial charge >= 0.3 is 0 Å². The van der Waals surface area contributed by atoms with Gasteiger partial charge in [-0.2, -0.15) is 0 Å². The normalized spacial score (nSPS) is 11.4. The van der Waals surface area contributed by atoms with E-state index in [1.54, 1.807) is 12.1 Å². The molecule has 0 bridgehead atoms. The van der Waals surface area contributed by atoms with E-state index in [-0.39, 0.29) is 11.5 Å². The van der Waals surface area contributed by atoms with Crippen LogP contribution in [0, 0.1) is 11.6 Å². The van der Waals surface area contributed by atoms with Crippen LogP contribution in [0.1, 0.15) is 16.7 Å². The van der Waals surface area contributed by atoms with E-state index in [9.17, 15) is 17.2 Å². The molecule has 3 rings (SSSR count). The molecule has 0 radical (unpaired) electrons. The smallest absolute Gasteiger partial charge is 0.151 e. The van der Waals surface area contributed by atoms with Gasteiger partial charge in [-0.25, -0.2) is 17.2 Å². The number of nitrogens with one attached hydrogen (secondary N) is 1. The molecule has 0 aliphatic heterocycles. The van der Waals surface area contributed by atoms with Crippen LogP contribution in [0.4, 0.5) is 8.78 Å². The third kappa shape index (κ3) is 6.96. The van der Waals surface area contributed by atoms with E-state index in [1.807, 2.05) is 36.4 Å². The third-order valence-corrected chi connectivity index (χ3v) is 4.96. The first kappa shape index (κ1) is 21.0. The van der Waals surface area contributed by atoms with Gasteiger partial charge in [0.15, 0.2) is 9.84 Å². The van der Waals surface area contributed by atoms with E-state index < -0.39 is 21.5 Å². The van der Waals surface area contributed by atoms with E-state index >= 15 is 0 Å². The molecule has 1 N–H and O–H groups in total. The maximum Gasteiger partial charge on any atom is 0.151 e. The number of benzene rings is 3. The molecule has 0 aliphatic carbocycles. The van der Waals surface area contributed by atoms with Gasteiger partial charge in [0.2, 0.25) is 0 Å². The van der Waals surface area contributed by atoms with Crippen molar-refractivity contribution >= 4 is 9.84 Å². The van der Waals surface area contributed by atoms with Crippen molar-refractivity contribution < 1.29 is 21.9 Å². The van der Waals surface area contributed by atoms with E-state index in [0.29, 0.717) is 18.8 Å².